The van der Waals surface area contributed by atoms with Gasteiger partial charge in [0.15, 0.2) is 17.3 Å². The highest BCUT2D eigenvalue weighted by Crippen LogP contribution is 2.22. The van der Waals surface area contributed by atoms with E-state index in [4.69, 9.17) is 9.26 Å². The van der Waals surface area contributed by atoms with E-state index in [9.17, 15) is 9.50 Å². The first-order chi connectivity index (χ1) is 8.16. The smallest absolute Gasteiger partial charge is 0.174 e. The minimum Gasteiger partial charge on any atom is -0.482 e. The molecule has 0 saturated carbocycles. The Morgan fingerprint density at radius 3 is 2.88 bits per heavy atom. The number of hydrogen-bond acceptors (Lipinski definition) is 4. The van der Waals surface area contributed by atoms with Gasteiger partial charge in [0, 0.05) is 6.07 Å². The summed E-state index contributed by atoms with van der Waals surface area (Å²) in [4.78, 5) is 0. The molecule has 5 heteroatoms. The number of hydrogen-bond donors (Lipinski definition) is 1. The first-order valence-corrected chi connectivity index (χ1v) is 5.16. The van der Waals surface area contributed by atoms with E-state index in [1.165, 1.54) is 18.3 Å². The number of aliphatic hydroxyl groups is 1. The third-order valence-corrected chi connectivity index (χ3v) is 2.30. The Hall–Kier alpha value is -1.88. The van der Waals surface area contributed by atoms with Gasteiger partial charge in [0.1, 0.15) is 6.61 Å². The number of nitrogens with zero attached hydrogens (tertiary/aromatic N) is 1. The highest BCUT2D eigenvalue weighted by molar-refractivity contribution is 5.30. The topological polar surface area (TPSA) is 55.5 Å². The lowest BCUT2D eigenvalue weighted by Gasteiger charge is -2.08. The molecule has 1 unspecified atom stereocenters. The lowest BCUT2D eigenvalue weighted by atomic mass is 10.1. The maximum atomic E-state index is 13.6. The minimum absolute atomic E-state index is 0.116. The van der Waals surface area contributed by atoms with E-state index in [0.29, 0.717) is 11.3 Å². The lowest BCUT2D eigenvalue weighted by Crippen LogP contribution is -1.98. The van der Waals surface area contributed by atoms with E-state index < -0.39 is 11.9 Å². The number of benzene rings is 1. The van der Waals surface area contributed by atoms with Crippen LogP contribution < -0.4 is 4.74 Å². The molecule has 1 aromatic heterocycles. The number of halogens is 1. The van der Waals surface area contributed by atoms with Gasteiger partial charge in [-0.2, -0.15) is 0 Å². The summed E-state index contributed by atoms with van der Waals surface area (Å²) in [5.74, 6) is 0.123. The molecule has 0 spiro atoms. The quantitative estimate of drug-likeness (QED) is 0.887. The van der Waals surface area contributed by atoms with Crippen LogP contribution in [0.3, 0.4) is 0 Å². The van der Waals surface area contributed by atoms with Gasteiger partial charge >= 0.3 is 0 Å². The van der Waals surface area contributed by atoms with Crippen LogP contribution >= 0.6 is 0 Å². The summed E-state index contributed by atoms with van der Waals surface area (Å²) in [6.07, 6.45) is 0.791. The maximum Gasteiger partial charge on any atom is 0.174 e. The molecule has 0 amide bonds. The van der Waals surface area contributed by atoms with Crippen molar-refractivity contribution in [2.75, 3.05) is 0 Å². The fourth-order valence-corrected chi connectivity index (χ4v) is 1.36. The Balaban J connectivity index is 2.06. The Morgan fingerprint density at radius 2 is 2.29 bits per heavy atom. The Morgan fingerprint density at radius 1 is 1.47 bits per heavy atom. The summed E-state index contributed by atoms with van der Waals surface area (Å²) >= 11 is 0. The molecule has 4 nitrogen and oxygen atoms in total. The van der Waals surface area contributed by atoms with Crippen LogP contribution in [0.15, 0.2) is 35.0 Å². The molecule has 0 bridgehead atoms. The molecule has 0 aliphatic carbocycles. The standard InChI is InChI=1S/C12H12FNO3/c1-8(15)9-2-3-12(11(13)6-9)16-7-10-4-5-14-17-10/h2-6,8,15H,7H2,1H3. The van der Waals surface area contributed by atoms with Crippen molar-refractivity contribution in [1.82, 2.24) is 5.16 Å². The van der Waals surface area contributed by atoms with Crippen molar-refractivity contribution < 1.29 is 18.8 Å². The first kappa shape index (κ1) is 11.6. The van der Waals surface area contributed by atoms with Crippen LogP contribution in [-0.4, -0.2) is 10.3 Å². The van der Waals surface area contributed by atoms with Crippen molar-refractivity contribution >= 4 is 0 Å². The lowest BCUT2D eigenvalue weighted by molar-refractivity contribution is 0.198. The monoisotopic (exact) mass is 237 g/mol. The van der Waals surface area contributed by atoms with Crippen molar-refractivity contribution in [3.05, 3.63) is 47.6 Å². The predicted molar refractivity (Wildman–Crippen MR) is 57.9 cm³/mol. The van der Waals surface area contributed by atoms with Gasteiger partial charge in [-0.1, -0.05) is 11.2 Å². The van der Waals surface area contributed by atoms with Crippen LogP contribution in [0, 0.1) is 5.82 Å². The Kier molecular flexibility index (Phi) is 3.39. The molecule has 0 aliphatic rings. The van der Waals surface area contributed by atoms with E-state index >= 15 is 0 Å². The Bertz CT molecular complexity index is 483. The summed E-state index contributed by atoms with van der Waals surface area (Å²) < 4.78 is 23.6. The zero-order valence-electron chi connectivity index (χ0n) is 9.26. The van der Waals surface area contributed by atoms with Gasteiger partial charge in [-0.3, -0.25) is 0 Å². The average Bonchev–Trinajstić information content (AvgIpc) is 2.80. The van der Waals surface area contributed by atoms with Crippen LogP contribution in [0.5, 0.6) is 5.75 Å². The zero-order valence-corrected chi connectivity index (χ0v) is 9.26. The second-order valence-electron chi connectivity index (χ2n) is 3.63. The van der Waals surface area contributed by atoms with E-state index in [0.717, 1.165) is 0 Å². The van der Waals surface area contributed by atoms with Crippen molar-refractivity contribution in [3.8, 4) is 5.75 Å². The van der Waals surface area contributed by atoms with Gasteiger partial charge in [0.05, 0.1) is 12.3 Å². The van der Waals surface area contributed by atoms with E-state index in [1.54, 1.807) is 19.1 Å². The molecule has 0 radical (unpaired) electrons. The van der Waals surface area contributed by atoms with E-state index in [-0.39, 0.29) is 12.4 Å². The summed E-state index contributed by atoms with van der Waals surface area (Å²) in [5, 5.41) is 12.8. The second-order valence-corrected chi connectivity index (χ2v) is 3.63. The SMILES string of the molecule is CC(O)c1ccc(OCc2ccno2)c(F)c1. The molecular formula is C12H12FNO3. The van der Waals surface area contributed by atoms with Gasteiger partial charge in [0.2, 0.25) is 0 Å². The molecule has 0 saturated heterocycles. The van der Waals surface area contributed by atoms with Gasteiger partial charge in [0.25, 0.3) is 0 Å². The third kappa shape index (κ3) is 2.82. The van der Waals surface area contributed by atoms with Crippen LogP contribution in [-0.2, 0) is 6.61 Å². The predicted octanol–water partition coefficient (Wildman–Crippen LogP) is 2.45. The molecular weight excluding hydrogens is 225 g/mol. The van der Waals surface area contributed by atoms with Crippen LogP contribution in [0.2, 0.25) is 0 Å². The van der Waals surface area contributed by atoms with Crippen LogP contribution in [0.25, 0.3) is 0 Å². The Labute approximate surface area is 97.6 Å². The van der Waals surface area contributed by atoms with Gasteiger partial charge in [-0.25, -0.2) is 4.39 Å². The fraction of sp³-hybridized carbons (Fsp3) is 0.250. The molecule has 0 fully saturated rings. The largest absolute Gasteiger partial charge is 0.482 e. The molecule has 1 atom stereocenters. The summed E-state index contributed by atoms with van der Waals surface area (Å²) in [6.45, 7) is 1.69. The van der Waals surface area contributed by atoms with E-state index in [1.807, 2.05) is 0 Å². The zero-order chi connectivity index (χ0) is 12.3. The molecule has 2 aromatic rings. The minimum atomic E-state index is -0.701. The summed E-state index contributed by atoms with van der Waals surface area (Å²) in [5.41, 5.74) is 0.509. The highest BCUT2D eigenvalue weighted by Gasteiger charge is 2.08. The summed E-state index contributed by atoms with van der Waals surface area (Å²) in [6, 6.07) is 5.99. The summed E-state index contributed by atoms with van der Waals surface area (Å²) in [7, 11) is 0. The first-order valence-electron chi connectivity index (χ1n) is 5.16. The number of ether oxygens (including phenoxy) is 1. The normalized spacial score (nSPS) is 12.4. The molecule has 0 aliphatic heterocycles. The molecule has 90 valence electrons. The molecule has 17 heavy (non-hydrogen) atoms. The number of aliphatic hydroxyl groups excluding tert-OH is 1. The molecule has 1 N–H and O–H groups in total. The molecule has 1 heterocycles. The van der Waals surface area contributed by atoms with Gasteiger partial charge < -0.3 is 14.4 Å². The number of aromatic nitrogens is 1. The average molecular weight is 237 g/mol. The second kappa shape index (κ2) is 4.97. The van der Waals surface area contributed by atoms with Crippen molar-refractivity contribution in [2.45, 2.75) is 19.6 Å². The van der Waals surface area contributed by atoms with E-state index in [2.05, 4.69) is 5.16 Å². The van der Waals surface area contributed by atoms with Gasteiger partial charge in [-0.15, -0.1) is 0 Å². The van der Waals surface area contributed by atoms with Crippen molar-refractivity contribution in [3.63, 3.8) is 0 Å². The van der Waals surface area contributed by atoms with Crippen LogP contribution in [0.4, 0.5) is 4.39 Å². The third-order valence-electron chi connectivity index (χ3n) is 2.30. The van der Waals surface area contributed by atoms with Crippen molar-refractivity contribution in [1.29, 1.82) is 0 Å². The van der Waals surface area contributed by atoms with Gasteiger partial charge in [-0.05, 0) is 24.6 Å². The maximum absolute atomic E-state index is 13.6. The molecule has 1 aromatic carbocycles. The van der Waals surface area contributed by atoms with Crippen molar-refractivity contribution in [2.24, 2.45) is 0 Å². The van der Waals surface area contributed by atoms with Crippen LogP contribution in [0.1, 0.15) is 24.4 Å². The highest BCUT2D eigenvalue weighted by atomic mass is 19.1. The number of rotatable bonds is 4. The fourth-order valence-electron chi connectivity index (χ4n) is 1.36. The molecule has 2 rings (SSSR count).